The van der Waals surface area contributed by atoms with Crippen LogP contribution in [-0.4, -0.2) is 16.5 Å². The van der Waals surface area contributed by atoms with Crippen LogP contribution in [0.2, 0.25) is 0 Å². The Kier molecular flexibility index (Phi) is 5.84. The summed E-state index contributed by atoms with van der Waals surface area (Å²) in [6, 6.07) is 21.2. The van der Waals surface area contributed by atoms with E-state index in [0.717, 1.165) is 24.5 Å². The van der Waals surface area contributed by atoms with E-state index < -0.39 is 0 Å². The predicted molar refractivity (Wildman–Crippen MR) is 109 cm³/mol. The first-order valence-corrected chi connectivity index (χ1v) is 9.07. The Labute approximate surface area is 155 Å². The minimum absolute atomic E-state index is 0.186. The lowest BCUT2D eigenvalue weighted by Crippen LogP contribution is -2.12. The molecule has 1 atom stereocenters. The zero-order valence-corrected chi connectivity index (χ0v) is 15.7. The number of rotatable bonds is 7. The summed E-state index contributed by atoms with van der Waals surface area (Å²) in [5, 5.41) is 6.80. The molecule has 0 fully saturated rings. The van der Waals surface area contributed by atoms with Crippen LogP contribution in [0.5, 0.6) is 0 Å². The highest BCUT2D eigenvalue weighted by Gasteiger charge is 2.08. The van der Waals surface area contributed by atoms with Crippen LogP contribution in [0.25, 0.3) is 0 Å². The van der Waals surface area contributed by atoms with E-state index in [1.807, 2.05) is 19.1 Å². The summed E-state index contributed by atoms with van der Waals surface area (Å²) in [7, 11) is 0. The summed E-state index contributed by atoms with van der Waals surface area (Å²) in [6.45, 7) is 7.04. The Morgan fingerprint density at radius 3 is 2.38 bits per heavy atom. The van der Waals surface area contributed by atoms with E-state index in [4.69, 9.17) is 0 Å². The number of aryl methyl sites for hydroxylation is 2. The van der Waals surface area contributed by atoms with Crippen LogP contribution in [0, 0.1) is 13.8 Å². The number of aromatic nitrogens is 2. The van der Waals surface area contributed by atoms with Gasteiger partial charge < -0.3 is 10.6 Å². The van der Waals surface area contributed by atoms with Gasteiger partial charge in [-0.2, -0.15) is 4.98 Å². The van der Waals surface area contributed by atoms with Gasteiger partial charge in [0.05, 0.1) is 0 Å². The molecule has 3 rings (SSSR count). The van der Waals surface area contributed by atoms with Crippen LogP contribution in [0.1, 0.15) is 35.3 Å². The molecule has 0 saturated heterocycles. The van der Waals surface area contributed by atoms with Crippen LogP contribution >= 0.6 is 0 Å². The van der Waals surface area contributed by atoms with E-state index in [1.54, 1.807) is 0 Å². The normalized spacial score (nSPS) is 11.8. The Morgan fingerprint density at radius 1 is 0.923 bits per heavy atom. The number of nitrogens with zero attached hydrogens (tertiary/aromatic N) is 2. The van der Waals surface area contributed by atoms with Gasteiger partial charge in [-0.25, -0.2) is 4.98 Å². The van der Waals surface area contributed by atoms with Crippen molar-refractivity contribution in [2.75, 3.05) is 17.2 Å². The summed E-state index contributed by atoms with van der Waals surface area (Å²) < 4.78 is 0. The van der Waals surface area contributed by atoms with Crippen molar-refractivity contribution in [3.8, 4) is 0 Å². The monoisotopic (exact) mass is 346 g/mol. The summed E-state index contributed by atoms with van der Waals surface area (Å²) in [5.41, 5.74) is 4.78. The first-order valence-electron chi connectivity index (χ1n) is 9.07. The van der Waals surface area contributed by atoms with Gasteiger partial charge in [0.15, 0.2) is 0 Å². The van der Waals surface area contributed by atoms with Crippen molar-refractivity contribution >= 4 is 11.8 Å². The van der Waals surface area contributed by atoms with E-state index in [1.165, 1.54) is 16.7 Å². The predicted octanol–water partition coefficient (Wildman–Crippen LogP) is 4.92. The second kappa shape index (κ2) is 8.48. The molecule has 4 nitrogen and oxygen atoms in total. The fourth-order valence-corrected chi connectivity index (χ4v) is 2.84. The smallest absolute Gasteiger partial charge is 0.224 e. The van der Waals surface area contributed by atoms with Crippen molar-refractivity contribution in [2.24, 2.45) is 0 Å². The molecule has 0 aliphatic carbocycles. The average Bonchev–Trinajstić information content (AvgIpc) is 2.64. The fraction of sp³-hybridized carbons (Fsp3) is 0.273. The van der Waals surface area contributed by atoms with Gasteiger partial charge in [0, 0.05) is 24.3 Å². The van der Waals surface area contributed by atoms with Crippen LogP contribution in [0.4, 0.5) is 11.8 Å². The number of benzene rings is 2. The molecule has 0 radical (unpaired) electrons. The zero-order valence-electron chi connectivity index (χ0n) is 15.7. The third-order valence-electron chi connectivity index (χ3n) is 4.34. The Morgan fingerprint density at radius 2 is 1.65 bits per heavy atom. The first-order chi connectivity index (χ1) is 12.6. The van der Waals surface area contributed by atoms with Gasteiger partial charge in [-0.1, -0.05) is 60.2 Å². The molecule has 0 saturated carbocycles. The maximum atomic E-state index is 4.61. The molecule has 0 bridgehead atoms. The molecule has 1 aromatic heterocycles. The van der Waals surface area contributed by atoms with Crippen LogP contribution in [0.3, 0.4) is 0 Å². The second-order valence-electron chi connectivity index (χ2n) is 6.66. The van der Waals surface area contributed by atoms with Gasteiger partial charge >= 0.3 is 0 Å². The van der Waals surface area contributed by atoms with Crippen molar-refractivity contribution in [1.29, 1.82) is 0 Å². The van der Waals surface area contributed by atoms with Crippen molar-refractivity contribution < 1.29 is 0 Å². The quantitative estimate of drug-likeness (QED) is 0.637. The first kappa shape index (κ1) is 17.9. The average molecular weight is 346 g/mol. The van der Waals surface area contributed by atoms with E-state index in [-0.39, 0.29) is 6.04 Å². The van der Waals surface area contributed by atoms with Crippen molar-refractivity contribution in [2.45, 2.75) is 33.2 Å². The minimum Gasteiger partial charge on any atom is -0.363 e. The lowest BCUT2D eigenvalue weighted by atomic mass is 10.1. The molecular weight excluding hydrogens is 320 g/mol. The minimum atomic E-state index is 0.186. The Hall–Kier alpha value is -2.88. The molecule has 26 heavy (non-hydrogen) atoms. The second-order valence-corrected chi connectivity index (χ2v) is 6.66. The maximum Gasteiger partial charge on any atom is 0.224 e. The van der Waals surface area contributed by atoms with Crippen molar-refractivity contribution in [3.05, 3.63) is 83.0 Å². The molecule has 0 amide bonds. The topological polar surface area (TPSA) is 49.8 Å². The van der Waals surface area contributed by atoms with Crippen LogP contribution in [-0.2, 0) is 6.42 Å². The summed E-state index contributed by atoms with van der Waals surface area (Å²) in [4.78, 5) is 9.11. The molecule has 3 aromatic rings. The van der Waals surface area contributed by atoms with E-state index in [9.17, 15) is 0 Å². The molecule has 134 valence electrons. The molecule has 2 aromatic carbocycles. The largest absolute Gasteiger partial charge is 0.363 e. The highest BCUT2D eigenvalue weighted by molar-refractivity contribution is 5.44. The lowest BCUT2D eigenvalue weighted by molar-refractivity contribution is 0.868. The van der Waals surface area contributed by atoms with Crippen molar-refractivity contribution in [1.82, 2.24) is 9.97 Å². The fourth-order valence-electron chi connectivity index (χ4n) is 2.84. The van der Waals surface area contributed by atoms with Gasteiger partial charge in [0.25, 0.3) is 0 Å². The highest BCUT2D eigenvalue weighted by atomic mass is 15.1. The van der Waals surface area contributed by atoms with Gasteiger partial charge in [-0.15, -0.1) is 0 Å². The van der Waals surface area contributed by atoms with Crippen LogP contribution < -0.4 is 10.6 Å². The van der Waals surface area contributed by atoms with E-state index in [2.05, 4.69) is 83.0 Å². The van der Waals surface area contributed by atoms with Gasteiger partial charge in [0.1, 0.15) is 5.82 Å². The molecule has 4 heteroatoms. The molecular formula is C22H26N4. The third-order valence-corrected chi connectivity index (χ3v) is 4.34. The van der Waals surface area contributed by atoms with E-state index in [0.29, 0.717) is 5.95 Å². The Balaban J connectivity index is 1.61. The maximum absolute atomic E-state index is 4.61. The van der Waals surface area contributed by atoms with Gasteiger partial charge in [-0.05, 0) is 38.3 Å². The number of nitrogens with one attached hydrogen (secondary N) is 2. The molecule has 2 N–H and O–H groups in total. The SMILES string of the molecule is Cc1ccc(CCNc2nc(C)cc(N[C@@H](C)c3ccccc3)n2)cc1. The highest BCUT2D eigenvalue weighted by Crippen LogP contribution is 2.19. The molecule has 1 heterocycles. The number of hydrogen-bond acceptors (Lipinski definition) is 4. The number of hydrogen-bond donors (Lipinski definition) is 2. The molecule has 0 aliphatic rings. The summed E-state index contributed by atoms with van der Waals surface area (Å²) >= 11 is 0. The van der Waals surface area contributed by atoms with Gasteiger partial charge in [0.2, 0.25) is 5.95 Å². The Bertz CT molecular complexity index is 829. The molecule has 0 aliphatic heterocycles. The zero-order chi connectivity index (χ0) is 18.4. The van der Waals surface area contributed by atoms with Crippen LogP contribution in [0.15, 0.2) is 60.7 Å². The number of anilines is 2. The summed E-state index contributed by atoms with van der Waals surface area (Å²) in [6.07, 6.45) is 0.945. The van der Waals surface area contributed by atoms with E-state index >= 15 is 0 Å². The van der Waals surface area contributed by atoms with Gasteiger partial charge in [-0.3, -0.25) is 0 Å². The third kappa shape index (κ3) is 5.06. The summed E-state index contributed by atoms with van der Waals surface area (Å²) in [5.74, 6) is 1.51. The molecule has 0 spiro atoms. The lowest BCUT2D eigenvalue weighted by Gasteiger charge is -2.16. The van der Waals surface area contributed by atoms with Crippen molar-refractivity contribution in [3.63, 3.8) is 0 Å². The molecule has 0 unspecified atom stereocenters. The standard InChI is InChI=1S/C22H26N4/c1-16-9-11-19(12-10-16)13-14-23-22-24-17(2)15-21(26-22)25-18(3)20-7-5-4-6-8-20/h4-12,15,18H,13-14H2,1-3H3,(H2,23,24,25,26)/t18-/m0/s1.